The molecule has 0 bridgehead atoms. The summed E-state index contributed by atoms with van der Waals surface area (Å²) >= 11 is 1.60. The van der Waals surface area contributed by atoms with Crippen molar-refractivity contribution in [2.24, 2.45) is 0 Å². The third-order valence-corrected chi connectivity index (χ3v) is 7.51. The van der Waals surface area contributed by atoms with Crippen molar-refractivity contribution in [3.8, 4) is 11.3 Å². The lowest BCUT2D eigenvalue weighted by Crippen LogP contribution is -2.26. The average molecular weight is 545 g/mol. The maximum atomic E-state index is 12.9. The van der Waals surface area contributed by atoms with Gasteiger partial charge in [0.1, 0.15) is 5.82 Å². The molecule has 0 saturated heterocycles. The first-order valence-electron chi connectivity index (χ1n) is 13.3. The number of aromatic nitrogens is 2. The van der Waals surface area contributed by atoms with Crippen molar-refractivity contribution in [3.05, 3.63) is 144 Å². The van der Waals surface area contributed by atoms with E-state index in [1.54, 1.807) is 16.7 Å². The van der Waals surface area contributed by atoms with Crippen LogP contribution in [0.3, 0.4) is 0 Å². The lowest BCUT2D eigenvalue weighted by atomic mass is 10.1. The summed E-state index contributed by atoms with van der Waals surface area (Å²) < 4.78 is 0. The molecule has 1 heterocycles. The third kappa shape index (κ3) is 7.16. The minimum atomic E-state index is 0.00745. The van der Waals surface area contributed by atoms with Crippen LogP contribution in [0.1, 0.15) is 27.0 Å². The maximum absolute atomic E-state index is 12.9. The Hall–Kier alpha value is -4.42. The van der Waals surface area contributed by atoms with Crippen LogP contribution in [0, 0.1) is 0 Å². The normalized spacial score (nSPS) is 10.8. The molecule has 40 heavy (non-hydrogen) atoms. The van der Waals surface area contributed by atoms with E-state index >= 15 is 0 Å². The number of carbonyl (C=O) groups excluding carboxylic acids is 1. The van der Waals surface area contributed by atoms with Crippen molar-refractivity contribution in [2.45, 2.75) is 24.0 Å². The molecule has 0 aliphatic carbocycles. The Balaban J connectivity index is 1.29. The maximum Gasteiger partial charge on any atom is 0.253 e. The Bertz CT molecular complexity index is 1530. The zero-order valence-electron chi connectivity index (χ0n) is 22.8. The van der Waals surface area contributed by atoms with Gasteiger partial charge in [-0.3, -0.25) is 4.79 Å². The number of anilines is 1. The van der Waals surface area contributed by atoms with Crippen LogP contribution in [-0.4, -0.2) is 34.9 Å². The van der Waals surface area contributed by atoms with Crippen LogP contribution in [-0.2, 0) is 18.8 Å². The number of rotatable bonds is 10. The average Bonchev–Trinajstić information content (AvgIpc) is 3.01. The summed E-state index contributed by atoms with van der Waals surface area (Å²) in [5.74, 6) is 1.59. The molecule has 200 valence electrons. The summed E-state index contributed by atoms with van der Waals surface area (Å²) in [6.45, 7) is 1.33. The second-order valence-corrected chi connectivity index (χ2v) is 10.7. The highest BCUT2D eigenvalue weighted by Crippen LogP contribution is 2.28. The van der Waals surface area contributed by atoms with E-state index in [4.69, 9.17) is 9.97 Å². The summed E-state index contributed by atoms with van der Waals surface area (Å²) in [7, 11) is 3.89. The quantitative estimate of drug-likeness (QED) is 0.136. The molecule has 5 nitrogen and oxygen atoms in total. The molecule has 0 fully saturated rings. The van der Waals surface area contributed by atoms with E-state index in [1.807, 2.05) is 85.9 Å². The Labute approximate surface area is 240 Å². The topological polar surface area (TPSA) is 49.3 Å². The zero-order chi connectivity index (χ0) is 27.7. The van der Waals surface area contributed by atoms with Gasteiger partial charge in [-0.2, -0.15) is 0 Å². The summed E-state index contributed by atoms with van der Waals surface area (Å²) in [6, 6.07) is 40.5. The predicted molar refractivity (Wildman–Crippen MR) is 164 cm³/mol. The molecular weight excluding hydrogens is 512 g/mol. The highest BCUT2D eigenvalue weighted by Gasteiger charge is 2.14. The molecule has 5 aromatic rings. The van der Waals surface area contributed by atoms with Gasteiger partial charge in [0, 0.05) is 50.1 Å². The summed E-state index contributed by atoms with van der Waals surface area (Å²) in [4.78, 5) is 26.6. The molecule has 0 saturated carbocycles. The van der Waals surface area contributed by atoms with Gasteiger partial charge in [-0.1, -0.05) is 115 Å². The minimum absolute atomic E-state index is 0.00745. The van der Waals surface area contributed by atoms with E-state index in [-0.39, 0.29) is 5.91 Å². The standard InChI is InChI=1S/C34H32N4OS/c1-37(23-26-12-6-3-7-13-26)32-22-31(29-16-10-5-11-17-29)35-34(36-32)40-25-28-18-20-30(21-19-28)33(39)38(2)24-27-14-8-4-9-15-27/h3-22H,23-25H2,1-2H3. The molecule has 1 amide bonds. The number of hydrogen-bond acceptors (Lipinski definition) is 5. The monoisotopic (exact) mass is 544 g/mol. The van der Waals surface area contributed by atoms with Crippen LogP contribution in [0.15, 0.2) is 126 Å². The van der Waals surface area contributed by atoms with E-state index in [9.17, 15) is 4.79 Å². The van der Waals surface area contributed by atoms with Crippen molar-refractivity contribution in [2.75, 3.05) is 19.0 Å². The Morgan fingerprint density at radius 3 is 1.88 bits per heavy atom. The number of benzene rings is 4. The second-order valence-electron chi connectivity index (χ2n) is 9.73. The van der Waals surface area contributed by atoms with Gasteiger partial charge in [-0.25, -0.2) is 9.97 Å². The van der Waals surface area contributed by atoms with Crippen molar-refractivity contribution in [3.63, 3.8) is 0 Å². The van der Waals surface area contributed by atoms with Crippen molar-refractivity contribution in [1.82, 2.24) is 14.9 Å². The lowest BCUT2D eigenvalue weighted by molar-refractivity contribution is 0.0785. The number of amides is 1. The Kier molecular flexibility index (Phi) is 8.89. The Morgan fingerprint density at radius 2 is 1.25 bits per heavy atom. The molecule has 0 aliphatic heterocycles. The van der Waals surface area contributed by atoms with Crippen molar-refractivity contribution < 1.29 is 4.79 Å². The fourth-order valence-electron chi connectivity index (χ4n) is 4.41. The molecule has 0 radical (unpaired) electrons. The van der Waals surface area contributed by atoms with E-state index < -0.39 is 0 Å². The van der Waals surface area contributed by atoms with Crippen molar-refractivity contribution >= 4 is 23.5 Å². The van der Waals surface area contributed by atoms with Gasteiger partial charge in [0.05, 0.1) is 5.69 Å². The highest BCUT2D eigenvalue weighted by atomic mass is 32.2. The van der Waals surface area contributed by atoms with E-state index in [1.165, 1.54) is 5.56 Å². The smallest absolute Gasteiger partial charge is 0.253 e. The van der Waals surface area contributed by atoms with E-state index in [0.717, 1.165) is 39.9 Å². The zero-order valence-corrected chi connectivity index (χ0v) is 23.6. The first kappa shape index (κ1) is 27.2. The fourth-order valence-corrected chi connectivity index (χ4v) is 5.22. The van der Waals surface area contributed by atoms with Crippen LogP contribution in [0.25, 0.3) is 11.3 Å². The fraction of sp³-hybridized carbons (Fsp3) is 0.147. The van der Waals surface area contributed by atoms with Crippen LogP contribution < -0.4 is 4.90 Å². The van der Waals surface area contributed by atoms with Gasteiger partial charge >= 0.3 is 0 Å². The highest BCUT2D eigenvalue weighted by molar-refractivity contribution is 7.98. The first-order valence-corrected chi connectivity index (χ1v) is 14.2. The molecule has 0 aliphatic rings. The van der Waals surface area contributed by atoms with Gasteiger partial charge in [0.25, 0.3) is 5.91 Å². The molecule has 4 aromatic carbocycles. The molecule has 6 heteroatoms. The number of thioether (sulfide) groups is 1. The molecule has 0 atom stereocenters. The SMILES string of the molecule is CN(Cc1ccccc1)C(=O)c1ccc(CSc2nc(-c3ccccc3)cc(N(C)Cc3ccccc3)n2)cc1. The number of carbonyl (C=O) groups is 1. The van der Waals surface area contributed by atoms with Crippen LogP contribution >= 0.6 is 11.8 Å². The van der Waals surface area contributed by atoms with Crippen LogP contribution in [0.2, 0.25) is 0 Å². The van der Waals surface area contributed by atoms with E-state index in [2.05, 4.69) is 54.4 Å². The van der Waals surface area contributed by atoms with Crippen LogP contribution in [0.5, 0.6) is 0 Å². The van der Waals surface area contributed by atoms with Gasteiger partial charge < -0.3 is 9.80 Å². The van der Waals surface area contributed by atoms with Gasteiger partial charge in [-0.15, -0.1) is 0 Å². The van der Waals surface area contributed by atoms with Gasteiger partial charge in [0.15, 0.2) is 5.16 Å². The van der Waals surface area contributed by atoms with Gasteiger partial charge in [-0.05, 0) is 28.8 Å². The third-order valence-electron chi connectivity index (χ3n) is 6.59. The largest absolute Gasteiger partial charge is 0.355 e. The molecule has 0 spiro atoms. The molecule has 1 aromatic heterocycles. The molecule has 5 rings (SSSR count). The second kappa shape index (κ2) is 13.1. The lowest BCUT2D eigenvalue weighted by Gasteiger charge is -2.20. The first-order chi connectivity index (χ1) is 19.5. The molecular formula is C34H32N4OS. The van der Waals surface area contributed by atoms with E-state index in [0.29, 0.717) is 17.9 Å². The van der Waals surface area contributed by atoms with Crippen molar-refractivity contribution in [1.29, 1.82) is 0 Å². The number of hydrogen-bond donors (Lipinski definition) is 0. The van der Waals surface area contributed by atoms with Gasteiger partial charge in [0.2, 0.25) is 0 Å². The molecule has 0 unspecified atom stereocenters. The summed E-state index contributed by atoms with van der Waals surface area (Å²) in [5, 5.41) is 0.721. The predicted octanol–water partition coefficient (Wildman–Crippen LogP) is 7.34. The number of nitrogens with zero attached hydrogens (tertiary/aromatic N) is 4. The van der Waals surface area contributed by atoms with Crippen LogP contribution in [0.4, 0.5) is 5.82 Å². The summed E-state index contributed by atoms with van der Waals surface area (Å²) in [5.41, 5.74) is 6.08. The Morgan fingerprint density at radius 1 is 0.675 bits per heavy atom. The summed E-state index contributed by atoms with van der Waals surface area (Å²) in [6.07, 6.45) is 0. The molecule has 0 N–H and O–H groups in total. The minimum Gasteiger partial charge on any atom is -0.355 e.